The molecule has 76 valence electrons. The zero-order valence-corrected chi connectivity index (χ0v) is 8.21. The van der Waals surface area contributed by atoms with E-state index >= 15 is 0 Å². The molecule has 0 bridgehead atoms. The largest absolute Gasteiger partial charge is 0.461 e. The fraction of sp³-hybridized carbons (Fsp3) is 0.375. The summed E-state index contributed by atoms with van der Waals surface area (Å²) in [6.07, 6.45) is 1.28. The van der Waals surface area contributed by atoms with Crippen LogP contribution in [0.1, 0.15) is 13.3 Å². The van der Waals surface area contributed by atoms with Crippen molar-refractivity contribution in [3.05, 3.63) is 11.6 Å². The second kappa shape index (κ2) is 4.23. The van der Waals surface area contributed by atoms with E-state index in [1.165, 1.54) is 0 Å². The molecule has 1 aliphatic heterocycles. The lowest BCUT2D eigenvalue weighted by Crippen LogP contribution is -2.22. The summed E-state index contributed by atoms with van der Waals surface area (Å²) in [6.45, 7) is 1.42. The first-order valence-electron chi connectivity index (χ1n) is 3.96. The highest BCUT2D eigenvalue weighted by Gasteiger charge is 2.30. The smallest absolute Gasteiger partial charge is 0.305 e. The van der Waals surface area contributed by atoms with Gasteiger partial charge in [-0.05, 0) is 0 Å². The molecule has 6 heteroatoms. The Hall–Kier alpha value is -1.36. The number of hydrogen-bond acceptors (Lipinski definition) is 4. The summed E-state index contributed by atoms with van der Waals surface area (Å²) in [4.78, 5) is 32.7. The van der Waals surface area contributed by atoms with Gasteiger partial charge in [-0.1, -0.05) is 6.92 Å². The van der Waals surface area contributed by atoms with Gasteiger partial charge in [0.05, 0.1) is 5.57 Å². The maximum absolute atomic E-state index is 11.1. The van der Waals surface area contributed by atoms with Crippen LogP contribution in [0.25, 0.3) is 0 Å². The summed E-state index contributed by atoms with van der Waals surface area (Å²) in [7, 11) is 0. The van der Waals surface area contributed by atoms with Crippen LogP contribution < -0.4 is 0 Å². The number of amides is 2. The second-order valence-corrected chi connectivity index (χ2v) is 2.95. The average Bonchev–Trinajstić information content (AvgIpc) is 2.42. The molecule has 0 saturated heterocycles. The van der Waals surface area contributed by atoms with E-state index in [1.807, 2.05) is 0 Å². The number of hydrogen-bond donors (Lipinski definition) is 0. The van der Waals surface area contributed by atoms with Gasteiger partial charge in [0.2, 0.25) is 0 Å². The molecule has 0 fully saturated rings. The molecule has 0 atom stereocenters. The van der Waals surface area contributed by atoms with Gasteiger partial charge in [-0.25, -0.2) is 0 Å². The van der Waals surface area contributed by atoms with E-state index in [9.17, 15) is 14.4 Å². The summed E-state index contributed by atoms with van der Waals surface area (Å²) >= 11 is 5.30. The maximum Gasteiger partial charge on any atom is 0.305 e. The van der Waals surface area contributed by atoms with Gasteiger partial charge in [0.15, 0.2) is 0 Å². The average molecular weight is 218 g/mol. The van der Waals surface area contributed by atoms with Gasteiger partial charge in [0.25, 0.3) is 11.8 Å². The molecule has 0 N–H and O–H groups in total. The molecular formula is C8H8ClNO4. The number of halogens is 1. The van der Waals surface area contributed by atoms with Gasteiger partial charge in [-0.15, -0.1) is 0 Å². The fourth-order valence-electron chi connectivity index (χ4n) is 0.857. The van der Waals surface area contributed by atoms with Crippen LogP contribution in [0.15, 0.2) is 11.6 Å². The lowest BCUT2D eigenvalue weighted by molar-refractivity contribution is -0.142. The first-order chi connectivity index (χ1) is 6.56. The molecule has 0 aromatic carbocycles. The Morgan fingerprint density at radius 2 is 2.21 bits per heavy atom. The summed E-state index contributed by atoms with van der Waals surface area (Å²) in [5, 5.41) is 0. The summed E-state index contributed by atoms with van der Waals surface area (Å²) in [5.74, 6) is -1.68. The van der Waals surface area contributed by atoms with Gasteiger partial charge < -0.3 is 4.74 Å². The Kier molecular flexibility index (Phi) is 3.24. The van der Waals surface area contributed by atoms with Crippen molar-refractivity contribution in [2.24, 2.45) is 0 Å². The number of imide groups is 1. The Labute approximate surface area is 85.4 Å². The van der Waals surface area contributed by atoms with Crippen LogP contribution in [0.3, 0.4) is 0 Å². The molecule has 0 radical (unpaired) electrons. The highest BCUT2D eigenvalue weighted by molar-refractivity contribution is 6.37. The highest BCUT2D eigenvalue weighted by Crippen LogP contribution is 2.15. The molecule has 1 heterocycles. The third-order valence-corrected chi connectivity index (χ3v) is 1.94. The van der Waals surface area contributed by atoms with E-state index in [-0.39, 0.29) is 18.6 Å². The van der Waals surface area contributed by atoms with Crippen LogP contribution in [-0.4, -0.2) is 28.8 Å². The summed E-state index contributed by atoms with van der Waals surface area (Å²) in [5.41, 5.74) is 0.0896. The first-order valence-corrected chi connectivity index (χ1v) is 4.30. The van der Waals surface area contributed by atoms with Crippen molar-refractivity contribution < 1.29 is 19.1 Å². The Morgan fingerprint density at radius 3 is 2.64 bits per heavy atom. The summed E-state index contributed by atoms with van der Waals surface area (Å²) in [6, 6.07) is 0. The van der Waals surface area contributed by atoms with E-state index in [1.54, 1.807) is 6.92 Å². The minimum Gasteiger partial charge on any atom is -0.461 e. The van der Waals surface area contributed by atoms with E-state index in [0.29, 0.717) is 4.42 Å². The number of nitrogens with zero attached hydrogens (tertiary/aromatic N) is 1. The fourth-order valence-corrected chi connectivity index (χ4v) is 1.01. The maximum atomic E-state index is 11.1. The molecule has 0 aromatic rings. The van der Waals surface area contributed by atoms with Crippen molar-refractivity contribution in [3.63, 3.8) is 0 Å². The highest BCUT2D eigenvalue weighted by atomic mass is 35.5. The lowest BCUT2D eigenvalue weighted by atomic mass is 10.3. The number of carbonyl (C=O) groups excluding carboxylic acids is 3. The number of ether oxygens (including phenoxy) is 1. The minimum absolute atomic E-state index is 0.0896. The standard InChI is InChI=1S/C8H8ClNO4/c1-2-7(12)14-4-5-3-6(11)10(9)8(5)13/h3H,2,4H2,1H3. The quantitative estimate of drug-likeness (QED) is 0.390. The molecule has 5 nitrogen and oxygen atoms in total. The van der Waals surface area contributed by atoms with Crippen molar-refractivity contribution in [2.45, 2.75) is 13.3 Å². The Morgan fingerprint density at radius 1 is 1.57 bits per heavy atom. The van der Waals surface area contributed by atoms with Gasteiger partial charge in [-0.3, -0.25) is 14.4 Å². The zero-order chi connectivity index (χ0) is 10.7. The minimum atomic E-state index is -0.638. The van der Waals surface area contributed by atoms with Gasteiger partial charge in [0, 0.05) is 24.3 Å². The van der Waals surface area contributed by atoms with E-state index in [4.69, 9.17) is 11.8 Å². The van der Waals surface area contributed by atoms with E-state index < -0.39 is 17.8 Å². The van der Waals surface area contributed by atoms with Gasteiger partial charge in [0.1, 0.15) is 6.61 Å². The van der Waals surface area contributed by atoms with Crippen LogP contribution in [0.2, 0.25) is 0 Å². The molecule has 0 aromatic heterocycles. The van der Waals surface area contributed by atoms with Crippen molar-refractivity contribution in [2.75, 3.05) is 6.61 Å². The molecule has 0 saturated carbocycles. The van der Waals surface area contributed by atoms with Crippen LogP contribution in [0.4, 0.5) is 0 Å². The topological polar surface area (TPSA) is 63.7 Å². The molecule has 1 aliphatic rings. The van der Waals surface area contributed by atoms with Crippen LogP contribution in [0, 0.1) is 0 Å². The molecular weight excluding hydrogens is 210 g/mol. The predicted molar refractivity (Wildman–Crippen MR) is 47.0 cm³/mol. The Bertz CT molecular complexity index is 323. The number of carbonyl (C=O) groups is 3. The van der Waals surface area contributed by atoms with Crippen molar-refractivity contribution >= 4 is 29.6 Å². The molecule has 1 rings (SSSR count). The molecule has 14 heavy (non-hydrogen) atoms. The normalized spacial score (nSPS) is 15.9. The number of rotatable bonds is 3. The monoisotopic (exact) mass is 217 g/mol. The van der Waals surface area contributed by atoms with E-state index in [2.05, 4.69) is 4.74 Å². The Balaban J connectivity index is 2.55. The van der Waals surface area contributed by atoms with Crippen molar-refractivity contribution in [1.82, 2.24) is 4.42 Å². The summed E-state index contributed by atoms with van der Waals surface area (Å²) < 4.78 is 5.13. The van der Waals surface area contributed by atoms with Gasteiger partial charge >= 0.3 is 5.97 Å². The van der Waals surface area contributed by atoms with Gasteiger partial charge in [-0.2, -0.15) is 4.42 Å². The van der Waals surface area contributed by atoms with Crippen LogP contribution in [0.5, 0.6) is 0 Å². The van der Waals surface area contributed by atoms with Crippen LogP contribution >= 0.6 is 11.8 Å². The SMILES string of the molecule is CCC(=O)OCC1=CC(=O)N(Cl)C1=O. The van der Waals surface area contributed by atoms with Crippen molar-refractivity contribution in [1.29, 1.82) is 0 Å². The second-order valence-electron chi connectivity index (χ2n) is 2.61. The van der Waals surface area contributed by atoms with E-state index in [0.717, 1.165) is 6.08 Å². The predicted octanol–water partition coefficient (Wildman–Crippen LogP) is 0.389. The third-order valence-electron chi connectivity index (χ3n) is 1.62. The molecule has 2 amide bonds. The molecule has 0 unspecified atom stereocenters. The zero-order valence-electron chi connectivity index (χ0n) is 7.45. The first kappa shape index (κ1) is 10.7. The molecule has 0 aliphatic carbocycles. The third kappa shape index (κ3) is 2.11. The van der Waals surface area contributed by atoms with Crippen molar-refractivity contribution in [3.8, 4) is 0 Å². The lowest BCUT2D eigenvalue weighted by Gasteiger charge is -2.04. The number of esters is 1. The molecule has 0 spiro atoms. The van der Waals surface area contributed by atoms with Crippen LogP contribution in [-0.2, 0) is 19.1 Å².